The first kappa shape index (κ1) is 19.4. The van der Waals surface area contributed by atoms with Crippen LogP contribution >= 0.6 is 0 Å². The second-order valence-corrected chi connectivity index (χ2v) is 6.05. The quantitative estimate of drug-likeness (QED) is 0.542. The van der Waals surface area contributed by atoms with E-state index in [1.807, 2.05) is 4.90 Å². The van der Waals surface area contributed by atoms with Crippen molar-refractivity contribution in [2.45, 2.75) is 71.8 Å². The molecule has 0 heterocycles. The first-order valence-electron chi connectivity index (χ1n) is 8.18. The van der Waals surface area contributed by atoms with Gasteiger partial charge in [-0.15, -0.1) is 0 Å². The predicted molar refractivity (Wildman–Crippen MR) is 84.5 cm³/mol. The van der Waals surface area contributed by atoms with Gasteiger partial charge >= 0.3 is 0 Å². The molecule has 0 saturated heterocycles. The molecule has 1 atom stereocenters. The molecule has 20 heavy (non-hydrogen) atoms. The van der Waals surface area contributed by atoms with Gasteiger partial charge in [0, 0.05) is 19.7 Å². The third kappa shape index (κ3) is 9.32. The summed E-state index contributed by atoms with van der Waals surface area (Å²) in [7, 11) is 0. The van der Waals surface area contributed by atoms with Crippen LogP contribution < -0.4 is 5.73 Å². The van der Waals surface area contributed by atoms with Gasteiger partial charge in [-0.1, -0.05) is 46.5 Å². The minimum atomic E-state index is -0.399. The highest BCUT2D eigenvalue weighted by Crippen LogP contribution is 2.09. The number of aliphatic hydroxyl groups is 1. The summed E-state index contributed by atoms with van der Waals surface area (Å²) in [6.45, 7) is 7.87. The molecule has 0 aliphatic carbocycles. The van der Waals surface area contributed by atoms with Gasteiger partial charge in [0.05, 0.1) is 6.04 Å². The number of unbranched alkanes of at least 4 members (excludes halogenated alkanes) is 4. The number of aliphatic hydroxyl groups excluding tert-OH is 1. The van der Waals surface area contributed by atoms with Crippen molar-refractivity contribution >= 4 is 5.91 Å². The van der Waals surface area contributed by atoms with Crippen LogP contribution in [0.4, 0.5) is 0 Å². The van der Waals surface area contributed by atoms with Crippen molar-refractivity contribution < 1.29 is 9.90 Å². The van der Waals surface area contributed by atoms with Crippen LogP contribution in [-0.4, -0.2) is 41.7 Å². The highest BCUT2D eigenvalue weighted by Gasteiger charge is 2.21. The molecule has 0 saturated carbocycles. The van der Waals surface area contributed by atoms with E-state index in [4.69, 9.17) is 10.8 Å². The lowest BCUT2D eigenvalue weighted by molar-refractivity contribution is -0.133. The molecule has 0 spiro atoms. The van der Waals surface area contributed by atoms with Gasteiger partial charge in [0.1, 0.15) is 0 Å². The SMILES string of the molecule is CCCCCCCN(CCCO)C(=O)C(N)CC(C)C. The van der Waals surface area contributed by atoms with Crippen LogP contribution in [0.15, 0.2) is 0 Å². The van der Waals surface area contributed by atoms with Crippen LogP contribution in [0, 0.1) is 5.92 Å². The van der Waals surface area contributed by atoms with Crippen molar-refractivity contribution in [3.8, 4) is 0 Å². The molecule has 0 rings (SSSR count). The molecule has 3 N–H and O–H groups in total. The molecular formula is C16H34N2O2. The lowest BCUT2D eigenvalue weighted by atomic mass is 10.0. The maximum Gasteiger partial charge on any atom is 0.239 e. The van der Waals surface area contributed by atoms with E-state index in [-0.39, 0.29) is 12.5 Å². The monoisotopic (exact) mass is 286 g/mol. The van der Waals surface area contributed by atoms with Crippen LogP contribution in [0.5, 0.6) is 0 Å². The van der Waals surface area contributed by atoms with Crippen LogP contribution in [0.3, 0.4) is 0 Å². The van der Waals surface area contributed by atoms with Crippen molar-refractivity contribution in [1.29, 1.82) is 0 Å². The van der Waals surface area contributed by atoms with Gasteiger partial charge in [-0.2, -0.15) is 0 Å². The minimum Gasteiger partial charge on any atom is -0.396 e. The Hall–Kier alpha value is -0.610. The van der Waals surface area contributed by atoms with Crippen LogP contribution in [0.2, 0.25) is 0 Å². The molecule has 0 aromatic carbocycles. The van der Waals surface area contributed by atoms with E-state index in [1.54, 1.807) is 0 Å². The predicted octanol–water partition coefficient (Wildman–Crippen LogP) is 2.54. The Bertz CT molecular complexity index is 245. The van der Waals surface area contributed by atoms with Gasteiger partial charge in [-0.25, -0.2) is 0 Å². The molecule has 0 aliphatic heterocycles. The molecule has 4 nitrogen and oxygen atoms in total. The number of amides is 1. The molecule has 1 unspecified atom stereocenters. The van der Waals surface area contributed by atoms with Crippen LogP contribution in [-0.2, 0) is 4.79 Å². The molecule has 0 aliphatic rings. The molecule has 1 amide bonds. The summed E-state index contributed by atoms with van der Waals surface area (Å²) in [4.78, 5) is 14.2. The molecule has 120 valence electrons. The third-order valence-corrected chi connectivity index (χ3v) is 3.47. The van der Waals surface area contributed by atoms with Crippen molar-refractivity contribution in [2.24, 2.45) is 11.7 Å². The number of nitrogens with zero attached hydrogens (tertiary/aromatic N) is 1. The fourth-order valence-electron chi connectivity index (χ4n) is 2.34. The van der Waals surface area contributed by atoms with Gasteiger partial charge in [0.2, 0.25) is 5.91 Å². The van der Waals surface area contributed by atoms with Gasteiger partial charge < -0.3 is 15.7 Å². The maximum atomic E-state index is 12.3. The fourth-order valence-corrected chi connectivity index (χ4v) is 2.34. The van der Waals surface area contributed by atoms with Gasteiger partial charge in [0.15, 0.2) is 0 Å². The summed E-state index contributed by atoms with van der Waals surface area (Å²) in [5.74, 6) is 0.473. The summed E-state index contributed by atoms with van der Waals surface area (Å²) in [5, 5.41) is 8.95. The van der Waals surface area contributed by atoms with E-state index >= 15 is 0 Å². The molecule has 0 fully saturated rings. The second kappa shape index (κ2) is 12.2. The van der Waals surface area contributed by atoms with E-state index in [0.29, 0.717) is 18.9 Å². The van der Waals surface area contributed by atoms with Crippen LogP contribution in [0.1, 0.15) is 65.7 Å². The average molecular weight is 286 g/mol. The maximum absolute atomic E-state index is 12.3. The Balaban J connectivity index is 4.20. The van der Waals surface area contributed by atoms with Crippen molar-refractivity contribution in [3.63, 3.8) is 0 Å². The molecular weight excluding hydrogens is 252 g/mol. The fraction of sp³-hybridized carbons (Fsp3) is 0.938. The van der Waals surface area contributed by atoms with Crippen molar-refractivity contribution in [2.75, 3.05) is 19.7 Å². The number of carbonyl (C=O) groups is 1. The van der Waals surface area contributed by atoms with Gasteiger partial charge in [0.25, 0.3) is 0 Å². The number of hydrogen-bond acceptors (Lipinski definition) is 3. The molecule has 0 aromatic rings. The number of carbonyl (C=O) groups excluding carboxylic acids is 1. The number of rotatable bonds is 12. The zero-order chi connectivity index (χ0) is 15.4. The molecule has 0 aromatic heterocycles. The Morgan fingerprint density at radius 1 is 1.10 bits per heavy atom. The van der Waals surface area contributed by atoms with Gasteiger partial charge in [-0.05, 0) is 25.2 Å². The van der Waals surface area contributed by atoms with E-state index < -0.39 is 6.04 Å². The Morgan fingerprint density at radius 2 is 1.70 bits per heavy atom. The summed E-state index contributed by atoms with van der Waals surface area (Å²) in [5.41, 5.74) is 5.99. The van der Waals surface area contributed by atoms with E-state index in [2.05, 4.69) is 20.8 Å². The highest BCUT2D eigenvalue weighted by atomic mass is 16.3. The normalized spacial score (nSPS) is 12.7. The first-order valence-corrected chi connectivity index (χ1v) is 8.18. The van der Waals surface area contributed by atoms with Crippen molar-refractivity contribution in [3.05, 3.63) is 0 Å². The standard InChI is InChI=1S/C16H34N2O2/c1-4-5-6-7-8-10-18(11-9-12-19)16(20)15(17)13-14(2)3/h14-15,19H,4-13,17H2,1-3H3. The summed E-state index contributed by atoms with van der Waals surface area (Å²) >= 11 is 0. The van der Waals surface area contributed by atoms with E-state index in [0.717, 1.165) is 25.8 Å². The van der Waals surface area contributed by atoms with Crippen LogP contribution in [0.25, 0.3) is 0 Å². The molecule has 4 heteroatoms. The summed E-state index contributed by atoms with van der Waals surface area (Å²) in [6.07, 6.45) is 7.28. The molecule has 0 radical (unpaired) electrons. The van der Waals surface area contributed by atoms with Crippen molar-refractivity contribution in [1.82, 2.24) is 4.90 Å². The Labute approximate surface area is 124 Å². The smallest absolute Gasteiger partial charge is 0.239 e. The topological polar surface area (TPSA) is 66.6 Å². The zero-order valence-corrected chi connectivity index (χ0v) is 13.6. The summed E-state index contributed by atoms with van der Waals surface area (Å²) < 4.78 is 0. The number of hydrogen-bond donors (Lipinski definition) is 2. The number of nitrogens with two attached hydrogens (primary N) is 1. The average Bonchev–Trinajstić information content (AvgIpc) is 2.40. The lowest BCUT2D eigenvalue weighted by Crippen LogP contribution is -2.45. The Morgan fingerprint density at radius 3 is 2.25 bits per heavy atom. The van der Waals surface area contributed by atoms with E-state index in [9.17, 15) is 4.79 Å². The zero-order valence-electron chi connectivity index (χ0n) is 13.6. The Kier molecular flexibility index (Phi) is 11.8. The van der Waals surface area contributed by atoms with E-state index in [1.165, 1.54) is 19.3 Å². The molecule has 0 bridgehead atoms. The largest absolute Gasteiger partial charge is 0.396 e. The summed E-state index contributed by atoms with van der Waals surface area (Å²) in [6, 6.07) is -0.399. The first-order chi connectivity index (χ1) is 9.52. The third-order valence-electron chi connectivity index (χ3n) is 3.47. The lowest BCUT2D eigenvalue weighted by Gasteiger charge is -2.26. The highest BCUT2D eigenvalue weighted by molar-refractivity contribution is 5.81. The minimum absolute atomic E-state index is 0.0441. The second-order valence-electron chi connectivity index (χ2n) is 6.05. The van der Waals surface area contributed by atoms with Gasteiger partial charge in [-0.3, -0.25) is 4.79 Å².